The van der Waals surface area contributed by atoms with Gasteiger partial charge in [0.1, 0.15) is 5.75 Å². The van der Waals surface area contributed by atoms with E-state index in [0.717, 1.165) is 17.7 Å². The van der Waals surface area contributed by atoms with E-state index in [2.05, 4.69) is 7.05 Å². The van der Waals surface area contributed by atoms with Crippen molar-refractivity contribution in [1.82, 2.24) is 0 Å². The summed E-state index contributed by atoms with van der Waals surface area (Å²) in [5, 5.41) is 11.3. The highest BCUT2D eigenvalue weighted by Gasteiger charge is 2.02. The molecule has 3 N–H and O–H groups in total. The molecule has 0 unspecified atom stereocenters. The summed E-state index contributed by atoms with van der Waals surface area (Å²) in [6, 6.07) is 3.98. The normalized spacial score (nSPS) is 10.2. The van der Waals surface area contributed by atoms with Gasteiger partial charge in [0.2, 0.25) is 0 Å². The molecule has 2 nitrogen and oxygen atoms in total. The number of phenolic OH excluding ortho intramolecular Hbond substituents is 1. The van der Waals surface area contributed by atoms with Gasteiger partial charge in [0.15, 0.2) is 0 Å². The Morgan fingerprint density at radius 2 is 1.83 bits per heavy atom. The molecule has 0 radical (unpaired) electrons. The minimum atomic E-state index is 0.405. The summed E-state index contributed by atoms with van der Waals surface area (Å²) in [6.45, 7) is 4.69. The van der Waals surface area contributed by atoms with Crippen molar-refractivity contribution in [2.24, 2.45) is 0 Å². The van der Waals surface area contributed by atoms with Crippen LogP contribution >= 0.6 is 0 Å². The van der Waals surface area contributed by atoms with Crippen molar-refractivity contribution in [3.8, 4) is 5.75 Å². The molecular formula is C10H15NO. The van der Waals surface area contributed by atoms with Gasteiger partial charge in [0.05, 0.1) is 6.54 Å². The van der Waals surface area contributed by atoms with E-state index in [9.17, 15) is 5.11 Å². The van der Waals surface area contributed by atoms with Crippen molar-refractivity contribution >= 4 is 0 Å². The van der Waals surface area contributed by atoms with Crippen LogP contribution in [0.1, 0.15) is 16.7 Å². The van der Waals surface area contributed by atoms with Crippen LogP contribution in [0.15, 0.2) is 12.1 Å². The van der Waals surface area contributed by atoms with Crippen LogP contribution in [0.3, 0.4) is 0 Å². The first-order valence-corrected chi connectivity index (χ1v) is 4.05. The summed E-state index contributed by atoms with van der Waals surface area (Å²) < 4.78 is 0. The second kappa shape index (κ2) is 3.59. The molecule has 0 aliphatic heterocycles. The van der Waals surface area contributed by atoms with Gasteiger partial charge in [-0.15, -0.1) is 0 Å². The van der Waals surface area contributed by atoms with Crippen LogP contribution in [0, 0.1) is 20.9 Å². The number of aromatic hydroxyl groups is 1. The second-order valence-corrected chi connectivity index (χ2v) is 3.07. The predicted octanol–water partition coefficient (Wildman–Crippen LogP) is 0.864. The van der Waals surface area contributed by atoms with Gasteiger partial charge < -0.3 is 10.4 Å². The van der Waals surface area contributed by atoms with Crippen molar-refractivity contribution in [3.05, 3.63) is 35.9 Å². The molecular weight excluding hydrogens is 150 g/mol. The lowest BCUT2D eigenvalue weighted by Gasteiger charge is -2.07. The van der Waals surface area contributed by atoms with E-state index >= 15 is 0 Å². The molecule has 0 heterocycles. The first kappa shape index (κ1) is 9.07. The van der Waals surface area contributed by atoms with Gasteiger partial charge in [-0.25, -0.2) is 0 Å². The lowest BCUT2D eigenvalue weighted by molar-refractivity contribution is -0.612. The van der Waals surface area contributed by atoms with Crippen LogP contribution in [-0.4, -0.2) is 5.11 Å². The quantitative estimate of drug-likeness (QED) is 0.627. The predicted molar refractivity (Wildman–Crippen MR) is 48.6 cm³/mol. The van der Waals surface area contributed by atoms with Crippen molar-refractivity contribution < 1.29 is 10.4 Å². The Kier molecular flexibility index (Phi) is 2.71. The zero-order valence-corrected chi connectivity index (χ0v) is 7.59. The highest BCUT2D eigenvalue weighted by Crippen LogP contribution is 2.22. The molecule has 1 aromatic rings. The van der Waals surface area contributed by atoms with E-state index in [1.807, 2.05) is 31.3 Å². The third-order valence-corrected chi connectivity index (χ3v) is 1.93. The van der Waals surface area contributed by atoms with Gasteiger partial charge in [-0.1, -0.05) is 0 Å². The van der Waals surface area contributed by atoms with E-state index in [1.165, 1.54) is 5.56 Å². The van der Waals surface area contributed by atoms with E-state index < -0.39 is 0 Å². The summed E-state index contributed by atoms with van der Waals surface area (Å²) in [7, 11) is 3.68. The average molecular weight is 165 g/mol. The monoisotopic (exact) mass is 165 g/mol. The van der Waals surface area contributed by atoms with Gasteiger partial charge >= 0.3 is 0 Å². The molecule has 12 heavy (non-hydrogen) atoms. The Bertz CT molecular complexity index is 258. The maximum Gasteiger partial charge on any atom is 0.121 e. The van der Waals surface area contributed by atoms with Crippen LogP contribution in [0.5, 0.6) is 5.75 Å². The number of nitrogens with two attached hydrogens (primary N) is 1. The Morgan fingerprint density at radius 3 is 2.25 bits per heavy atom. The first-order valence-electron chi connectivity index (χ1n) is 4.05. The molecule has 2 heteroatoms. The first-order chi connectivity index (χ1) is 5.65. The molecule has 0 fully saturated rings. The molecule has 1 rings (SSSR count). The summed E-state index contributed by atoms with van der Waals surface area (Å²) in [5.74, 6) is 0.405. The standard InChI is InChI=1S/C10H15NO/c1-7-4-9(6-11-3)5-8(2)10(7)12/h4-5,12H,3,6,11H2,1-2H3. The lowest BCUT2D eigenvalue weighted by Crippen LogP contribution is -2.74. The minimum absolute atomic E-state index is 0.405. The number of quaternary nitrogens is 1. The van der Waals surface area contributed by atoms with Crippen LogP contribution in [0.2, 0.25) is 0 Å². The molecule has 0 aromatic heterocycles. The van der Waals surface area contributed by atoms with Crippen LogP contribution in [0.4, 0.5) is 0 Å². The Hall–Kier alpha value is -1.02. The minimum Gasteiger partial charge on any atom is -0.507 e. The van der Waals surface area contributed by atoms with E-state index in [0.29, 0.717) is 5.75 Å². The molecule has 0 spiro atoms. The lowest BCUT2D eigenvalue weighted by atomic mass is 10.1. The summed E-state index contributed by atoms with van der Waals surface area (Å²) in [4.78, 5) is 0. The maximum atomic E-state index is 9.47. The summed E-state index contributed by atoms with van der Waals surface area (Å²) in [5.41, 5.74) is 3.08. The average Bonchev–Trinajstić information content (AvgIpc) is 2.01. The van der Waals surface area contributed by atoms with Gasteiger partial charge in [-0.05, 0) is 37.1 Å². The van der Waals surface area contributed by atoms with Gasteiger partial charge in [-0.2, -0.15) is 7.05 Å². The highest BCUT2D eigenvalue weighted by molar-refractivity contribution is 5.41. The smallest absolute Gasteiger partial charge is 0.121 e. The SMILES string of the molecule is [CH2-][NH2+]Cc1cc(C)c(O)c(C)c1. The fraction of sp³-hybridized carbons (Fsp3) is 0.300. The largest absolute Gasteiger partial charge is 0.507 e. The molecule has 66 valence electrons. The van der Waals surface area contributed by atoms with Crippen LogP contribution in [-0.2, 0) is 6.54 Å². The van der Waals surface area contributed by atoms with Gasteiger partial charge in [-0.3, -0.25) is 0 Å². The van der Waals surface area contributed by atoms with Crippen molar-refractivity contribution in [3.63, 3.8) is 0 Å². The fourth-order valence-corrected chi connectivity index (χ4v) is 1.33. The zero-order chi connectivity index (χ0) is 9.14. The van der Waals surface area contributed by atoms with Crippen LogP contribution in [0.25, 0.3) is 0 Å². The zero-order valence-electron chi connectivity index (χ0n) is 7.59. The third-order valence-electron chi connectivity index (χ3n) is 1.93. The second-order valence-electron chi connectivity index (χ2n) is 3.07. The topological polar surface area (TPSA) is 36.8 Å². The summed E-state index contributed by atoms with van der Waals surface area (Å²) >= 11 is 0. The number of rotatable bonds is 2. The molecule has 0 aliphatic carbocycles. The number of aryl methyl sites for hydroxylation is 2. The number of phenols is 1. The fourth-order valence-electron chi connectivity index (χ4n) is 1.33. The maximum absolute atomic E-state index is 9.47. The molecule has 0 saturated heterocycles. The Balaban J connectivity index is 3.04. The number of hydrogen-bond donors (Lipinski definition) is 2. The Labute approximate surface area is 73.2 Å². The van der Waals surface area contributed by atoms with E-state index in [1.54, 1.807) is 0 Å². The van der Waals surface area contributed by atoms with Gasteiger partial charge in [0.25, 0.3) is 0 Å². The molecule has 0 amide bonds. The molecule has 0 saturated carbocycles. The molecule has 0 aliphatic rings. The summed E-state index contributed by atoms with van der Waals surface area (Å²) in [6.07, 6.45) is 0. The number of benzene rings is 1. The molecule has 0 bridgehead atoms. The van der Waals surface area contributed by atoms with E-state index in [-0.39, 0.29) is 0 Å². The molecule has 0 atom stereocenters. The third kappa shape index (κ3) is 1.77. The van der Waals surface area contributed by atoms with Crippen molar-refractivity contribution in [2.45, 2.75) is 20.4 Å². The van der Waals surface area contributed by atoms with Gasteiger partial charge in [0, 0.05) is 5.56 Å². The highest BCUT2D eigenvalue weighted by atomic mass is 16.3. The number of hydrogen-bond acceptors (Lipinski definition) is 1. The van der Waals surface area contributed by atoms with Crippen molar-refractivity contribution in [2.75, 3.05) is 0 Å². The van der Waals surface area contributed by atoms with Crippen molar-refractivity contribution in [1.29, 1.82) is 0 Å². The molecule has 1 aromatic carbocycles. The van der Waals surface area contributed by atoms with Crippen LogP contribution < -0.4 is 5.32 Å². The Morgan fingerprint density at radius 1 is 1.33 bits per heavy atom. The van der Waals surface area contributed by atoms with E-state index in [4.69, 9.17) is 0 Å².